The summed E-state index contributed by atoms with van der Waals surface area (Å²) in [5.41, 5.74) is 0.503. The summed E-state index contributed by atoms with van der Waals surface area (Å²) in [6.07, 6.45) is 12.0. The number of nitrogens with zero attached hydrogens (tertiary/aromatic N) is 1. The van der Waals surface area contributed by atoms with Crippen molar-refractivity contribution in [2.24, 2.45) is 29.1 Å². The molecule has 10 nitrogen and oxygen atoms in total. The molecule has 4 bridgehead atoms. The second-order valence-electron chi connectivity index (χ2n) is 15.3. The van der Waals surface area contributed by atoms with Crippen molar-refractivity contribution in [3.63, 3.8) is 0 Å². The molecular formula is C36H48Cl2N4O6. The second-order valence-corrected chi connectivity index (χ2v) is 16.1. The third-order valence-corrected chi connectivity index (χ3v) is 12.5. The number of halogens is 2. The quantitative estimate of drug-likeness (QED) is 0.231. The first kappa shape index (κ1) is 35.0. The number of carbonyl (C=O) groups excluding carboxylic acids is 4. The molecular weight excluding hydrogens is 655 g/mol. The highest BCUT2D eigenvalue weighted by molar-refractivity contribution is 6.35. The fourth-order valence-electron chi connectivity index (χ4n) is 9.73. The third kappa shape index (κ3) is 8.29. The Morgan fingerprint density at radius 2 is 1.38 bits per heavy atom. The van der Waals surface area contributed by atoms with Gasteiger partial charge in [-0.25, -0.2) is 0 Å². The minimum absolute atomic E-state index is 0.00909. The van der Waals surface area contributed by atoms with E-state index < -0.39 is 29.9 Å². The summed E-state index contributed by atoms with van der Waals surface area (Å²) in [6, 6.07) is 2.51. The Morgan fingerprint density at radius 3 is 1.96 bits per heavy atom. The van der Waals surface area contributed by atoms with E-state index in [9.17, 15) is 29.1 Å². The van der Waals surface area contributed by atoms with Crippen LogP contribution in [0.5, 0.6) is 0 Å². The third-order valence-electron chi connectivity index (χ3n) is 12.0. The second kappa shape index (κ2) is 15.0. The molecule has 1 aliphatic heterocycles. The van der Waals surface area contributed by atoms with E-state index in [1.54, 1.807) is 4.90 Å². The molecule has 0 radical (unpaired) electrons. The maximum Gasteiger partial charge on any atom is 0.303 e. The van der Waals surface area contributed by atoms with Crippen LogP contribution in [0.2, 0.25) is 10.0 Å². The largest absolute Gasteiger partial charge is 0.481 e. The fraction of sp³-hybridized carbons (Fsp3) is 0.694. The van der Waals surface area contributed by atoms with Crippen LogP contribution in [0.1, 0.15) is 107 Å². The Morgan fingerprint density at radius 1 is 0.792 bits per heavy atom. The molecule has 48 heavy (non-hydrogen) atoms. The normalized spacial score (nSPS) is 28.1. The molecule has 1 saturated heterocycles. The van der Waals surface area contributed by atoms with E-state index in [0.29, 0.717) is 30.3 Å². The predicted molar refractivity (Wildman–Crippen MR) is 181 cm³/mol. The first-order chi connectivity index (χ1) is 23.0. The number of likely N-dealkylation sites (tertiary alicyclic amines) is 1. The maximum absolute atomic E-state index is 13.9. The van der Waals surface area contributed by atoms with Crippen LogP contribution in [0.4, 0.5) is 0 Å². The van der Waals surface area contributed by atoms with Gasteiger partial charge in [0.15, 0.2) is 0 Å². The number of carboxylic acids is 1. The van der Waals surface area contributed by atoms with Gasteiger partial charge in [0, 0.05) is 47.6 Å². The zero-order valence-corrected chi connectivity index (χ0v) is 29.0. The first-order valence-electron chi connectivity index (χ1n) is 17.8. The standard InChI is InChI=1S/C36H48Cl2N4O6/c37-26-18-25(19-27(38)20-26)33(46)40-29(35(48)42-11-9-36(10-12-42)7-1-2-8-36)3-5-30(43)39-28(4-6-31(44)45)34(47)41-32-23-14-21-13-22(16-23)17-24(32)15-21/h18-24,28-29,32H,1-17H2,(H,39,43)(H,40,46)(H,41,47)(H,44,45)/t21?,22?,23?,24?,28-,29+,32?/m0/s1. The topological polar surface area (TPSA) is 145 Å². The number of aliphatic carboxylic acids is 1. The molecule has 6 aliphatic rings. The average molecular weight is 704 g/mol. The molecule has 0 aromatic heterocycles. The van der Waals surface area contributed by atoms with Gasteiger partial charge < -0.3 is 26.0 Å². The van der Waals surface area contributed by atoms with Gasteiger partial charge in [-0.2, -0.15) is 0 Å². The van der Waals surface area contributed by atoms with Crippen LogP contribution in [0.25, 0.3) is 0 Å². The fourth-order valence-corrected chi connectivity index (χ4v) is 10.3. The summed E-state index contributed by atoms with van der Waals surface area (Å²) >= 11 is 12.3. The molecule has 7 rings (SSSR count). The van der Waals surface area contributed by atoms with Crippen molar-refractivity contribution < 1.29 is 29.1 Å². The average Bonchev–Trinajstić information content (AvgIpc) is 3.49. The number of piperidine rings is 1. The smallest absolute Gasteiger partial charge is 0.303 e. The predicted octanol–water partition coefficient (Wildman–Crippen LogP) is 5.35. The number of hydrogen-bond donors (Lipinski definition) is 4. The van der Waals surface area contributed by atoms with Gasteiger partial charge in [0.05, 0.1) is 0 Å². The Labute approximate surface area is 292 Å². The van der Waals surface area contributed by atoms with E-state index in [4.69, 9.17) is 23.2 Å². The number of amides is 4. The van der Waals surface area contributed by atoms with Crippen molar-refractivity contribution >= 4 is 52.8 Å². The number of hydrogen-bond acceptors (Lipinski definition) is 5. The Hall–Kier alpha value is -2.85. The van der Waals surface area contributed by atoms with Gasteiger partial charge in [-0.3, -0.25) is 24.0 Å². The molecule has 1 heterocycles. The molecule has 12 heteroatoms. The molecule has 1 aromatic carbocycles. The molecule has 1 aromatic rings. The first-order valence-corrected chi connectivity index (χ1v) is 18.6. The van der Waals surface area contributed by atoms with Gasteiger partial charge in [-0.05, 0) is 118 Å². The van der Waals surface area contributed by atoms with Crippen LogP contribution in [0.3, 0.4) is 0 Å². The molecule has 5 aliphatic carbocycles. The van der Waals surface area contributed by atoms with Crippen LogP contribution in [-0.4, -0.2) is 70.8 Å². The number of carboxylic acid groups (broad SMARTS) is 1. The summed E-state index contributed by atoms with van der Waals surface area (Å²) in [5.74, 6) is -0.314. The monoisotopic (exact) mass is 702 g/mol. The highest BCUT2D eigenvalue weighted by Gasteiger charge is 2.49. The molecule has 2 atom stereocenters. The number of carbonyl (C=O) groups is 5. The van der Waals surface area contributed by atoms with E-state index in [2.05, 4.69) is 16.0 Å². The zero-order chi connectivity index (χ0) is 34.0. The van der Waals surface area contributed by atoms with Crippen LogP contribution in [-0.2, 0) is 19.2 Å². The van der Waals surface area contributed by atoms with Gasteiger partial charge in [0.2, 0.25) is 17.7 Å². The lowest BCUT2D eigenvalue weighted by Gasteiger charge is -2.54. The van der Waals surface area contributed by atoms with Gasteiger partial charge >= 0.3 is 5.97 Å². The van der Waals surface area contributed by atoms with Crippen molar-refractivity contribution in [2.45, 2.75) is 114 Å². The Bertz CT molecular complexity index is 1360. The lowest BCUT2D eigenvalue weighted by molar-refractivity contribution is -0.139. The van der Waals surface area contributed by atoms with Crippen LogP contribution < -0.4 is 16.0 Å². The Balaban J connectivity index is 1.10. The summed E-state index contributed by atoms with van der Waals surface area (Å²) < 4.78 is 0. The summed E-state index contributed by atoms with van der Waals surface area (Å²) in [6.45, 7) is 1.20. The summed E-state index contributed by atoms with van der Waals surface area (Å²) in [4.78, 5) is 67.3. The lowest BCUT2D eigenvalue weighted by Crippen LogP contribution is -2.59. The van der Waals surface area contributed by atoms with Gasteiger partial charge in [-0.15, -0.1) is 0 Å². The van der Waals surface area contributed by atoms with Gasteiger partial charge in [-0.1, -0.05) is 36.0 Å². The van der Waals surface area contributed by atoms with Crippen LogP contribution >= 0.6 is 23.2 Å². The molecule has 4 amide bonds. The SMILES string of the molecule is O=C(O)CC[C@H](NC(=O)CC[C@@H](NC(=O)c1cc(Cl)cc(Cl)c1)C(=O)N1CCC2(CCCC2)CC1)C(=O)NC1C2CC3CC(C2)CC1C3. The molecule has 6 fully saturated rings. The molecule has 5 saturated carbocycles. The molecule has 262 valence electrons. The highest BCUT2D eigenvalue weighted by atomic mass is 35.5. The highest BCUT2D eigenvalue weighted by Crippen LogP contribution is 2.53. The maximum atomic E-state index is 13.9. The van der Waals surface area contributed by atoms with Crippen LogP contribution in [0, 0.1) is 29.1 Å². The Kier molecular flexibility index (Phi) is 10.9. The van der Waals surface area contributed by atoms with Crippen molar-refractivity contribution in [1.82, 2.24) is 20.9 Å². The molecule has 0 unspecified atom stereocenters. The molecule has 4 N–H and O–H groups in total. The summed E-state index contributed by atoms with van der Waals surface area (Å²) in [7, 11) is 0. The van der Waals surface area contributed by atoms with Crippen molar-refractivity contribution in [1.29, 1.82) is 0 Å². The van der Waals surface area contributed by atoms with Crippen molar-refractivity contribution in [3.05, 3.63) is 33.8 Å². The van der Waals surface area contributed by atoms with Crippen molar-refractivity contribution in [3.8, 4) is 0 Å². The van der Waals surface area contributed by atoms with E-state index in [-0.39, 0.29) is 59.1 Å². The minimum Gasteiger partial charge on any atom is -0.481 e. The zero-order valence-electron chi connectivity index (χ0n) is 27.5. The summed E-state index contributed by atoms with van der Waals surface area (Å²) in [5, 5.41) is 18.7. The van der Waals surface area contributed by atoms with E-state index in [1.165, 1.54) is 50.3 Å². The number of nitrogens with one attached hydrogen (secondary N) is 3. The number of rotatable bonds is 12. The molecule has 1 spiro atoms. The number of benzene rings is 1. The van der Waals surface area contributed by atoms with Gasteiger partial charge in [0.25, 0.3) is 5.91 Å². The minimum atomic E-state index is -1.05. The lowest BCUT2D eigenvalue weighted by atomic mass is 9.54. The van der Waals surface area contributed by atoms with E-state index >= 15 is 0 Å². The van der Waals surface area contributed by atoms with Crippen molar-refractivity contribution in [2.75, 3.05) is 13.1 Å². The van der Waals surface area contributed by atoms with Gasteiger partial charge in [0.1, 0.15) is 12.1 Å². The van der Waals surface area contributed by atoms with Crippen LogP contribution in [0.15, 0.2) is 18.2 Å². The van der Waals surface area contributed by atoms with E-state index in [0.717, 1.165) is 50.4 Å². The van der Waals surface area contributed by atoms with E-state index in [1.807, 2.05) is 0 Å².